The highest BCUT2D eigenvalue weighted by atomic mass is 32.2. The molecule has 1 aromatic heterocycles. The van der Waals surface area contributed by atoms with Gasteiger partial charge in [0.25, 0.3) is 11.8 Å². The minimum Gasteiger partial charge on any atom is -0.457 e. The van der Waals surface area contributed by atoms with Crippen LogP contribution in [0.5, 0.6) is 0 Å². The zero-order valence-electron chi connectivity index (χ0n) is 27.5. The molecular formula is C36H35N5O8S. The first-order valence-corrected chi connectivity index (χ1v) is 16.6. The van der Waals surface area contributed by atoms with Crippen LogP contribution in [0.1, 0.15) is 43.7 Å². The molecule has 2 N–H and O–H groups in total. The first-order valence-electron chi connectivity index (χ1n) is 15.5. The lowest BCUT2D eigenvalue weighted by atomic mass is 10.0. The summed E-state index contributed by atoms with van der Waals surface area (Å²) >= 11 is 1.33. The molecule has 1 unspecified atom stereocenters. The Labute approximate surface area is 292 Å². The van der Waals surface area contributed by atoms with Crippen molar-refractivity contribution in [3.8, 4) is 0 Å². The normalized spacial score (nSPS) is 17.2. The van der Waals surface area contributed by atoms with Crippen LogP contribution in [0.2, 0.25) is 0 Å². The summed E-state index contributed by atoms with van der Waals surface area (Å²) in [5.74, 6) is -2.41. The average molecular weight is 698 g/mol. The highest BCUT2D eigenvalue weighted by Crippen LogP contribution is 2.42. The number of benzene rings is 2. The van der Waals surface area contributed by atoms with Gasteiger partial charge in [-0.05, 0) is 49.6 Å². The molecule has 50 heavy (non-hydrogen) atoms. The first-order chi connectivity index (χ1) is 24.0. The van der Waals surface area contributed by atoms with Gasteiger partial charge in [0, 0.05) is 5.75 Å². The fraction of sp³-hybridized carbons (Fsp3) is 0.250. The third-order valence-corrected chi connectivity index (χ3v) is 8.63. The Balaban J connectivity index is 1.36. The number of amides is 3. The Morgan fingerprint density at radius 2 is 1.70 bits per heavy atom. The molecule has 13 nitrogen and oxygen atoms in total. The van der Waals surface area contributed by atoms with Crippen molar-refractivity contribution in [1.82, 2.24) is 15.2 Å². The van der Waals surface area contributed by atoms with Crippen LogP contribution in [-0.4, -0.2) is 75.1 Å². The van der Waals surface area contributed by atoms with Crippen LogP contribution in [0, 0.1) is 0 Å². The van der Waals surface area contributed by atoms with Gasteiger partial charge in [0.1, 0.15) is 34.2 Å². The predicted octanol–water partition coefficient (Wildman–Crippen LogP) is 3.89. The predicted molar refractivity (Wildman–Crippen MR) is 185 cm³/mol. The maximum absolute atomic E-state index is 13.9. The van der Waals surface area contributed by atoms with Gasteiger partial charge in [-0.2, -0.15) is 0 Å². The van der Waals surface area contributed by atoms with Crippen molar-refractivity contribution in [3.05, 3.63) is 120 Å². The number of nitrogens with zero attached hydrogens (tertiary/aromatic N) is 3. The number of hydrogen-bond acceptors (Lipinski definition) is 11. The summed E-state index contributed by atoms with van der Waals surface area (Å²) < 4.78 is 11.3. The Kier molecular flexibility index (Phi) is 11.1. The van der Waals surface area contributed by atoms with E-state index < -0.39 is 53.5 Å². The molecule has 0 bridgehead atoms. The van der Waals surface area contributed by atoms with E-state index in [1.807, 2.05) is 60.7 Å². The average Bonchev–Trinajstić information content (AvgIpc) is 3.10. The molecule has 0 spiro atoms. The van der Waals surface area contributed by atoms with Gasteiger partial charge < -0.3 is 24.9 Å². The zero-order chi connectivity index (χ0) is 35.8. The molecule has 3 heterocycles. The van der Waals surface area contributed by atoms with Gasteiger partial charge in [-0.1, -0.05) is 84.5 Å². The molecule has 1 saturated heterocycles. The smallest absolute Gasteiger partial charge is 0.356 e. The SMILES string of the molecule is C=CC1=C(C(=O)OC(c2ccccc2)c2ccccc2)N2C(=O)C(NC(=O)C(=NOCC(=O)OC(C)(C)C)c3cccc(NC=O)n3)[C@@H]2SC1. The van der Waals surface area contributed by atoms with Crippen LogP contribution in [0.4, 0.5) is 5.82 Å². The van der Waals surface area contributed by atoms with Gasteiger partial charge >= 0.3 is 11.9 Å². The van der Waals surface area contributed by atoms with Gasteiger partial charge in [-0.3, -0.25) is 19.3 Å². The van der Waals surface area contributed by atoms with Gasteiger partial charge in [0.15, 0.2) is 11.8 Å². The van der Waals surface area contributed by atoms with Crippen molar-refractivity contribution < 1.29 is 38.3 Å². The van der Waals surface area contributed by atoms with E-state index in [2.05, 4.69) is 27.4 Å². The minimum absolute atomic E-state index is 0.00978. The fourth-order valence-corrected chi connectivity index (χ4v) is 6.52. The molecule has 2 aliphatic heterocycles. The molecule has 14 heteroatoms. The van der Waals surface area contributed by atoms with Crippen LogP contribution in [0.3, 0.4) is 0 Å². The van der Waals surface area contributed by atoms with Crippen LogP contribution >= 0.6 is 11.8 Å². The molecule has 258 valence electrons. The number of allylic oxidation sites excluding steroid dienone is 1. The summed E-state index contributed by atoms with van der Waals surface area (Å²) in [5.41, 5.74) is 0.892. The van der Waals surface area contributed by atoms with E-state index in [0.717, 1.165) is 11.1 Å². The van der Waals surface area contributed by atoms with E-state index in [0.29, 0.717) is 17.7 Å². The van der Waals surface area contributed by atoms with Crippen molar-refractivity contribution in [2.75, 3.05) is 17.7 Å². The van der Waals surface area contributed by atoms with Crippen molar-refractivity contribution in [2.45, 2.75) is 43.9 Å². The molecule has 2 atom stereocenters. The number of rotatable bonds is 13. The summed E-state index contributed by atoms with van der Waals surface area (Å²) in [5, 5.41) is 8.26. The molecule has 3 amide bonds. The first kappa shape index (κ1) is 35.5. The van der Waals surface area contributed by atoms with Crippen molar-refractivity contribution >= 4 is 53.5 Å². The third kappa shape index (κ3) is 8.26. The van der Waals surface area contributed by atoms with E-state index in [4.69, 9.17) is 14.3 Å². The van der Waals surface area contributed by atoms with Crippen molar-refractivity contribution in [1.29, 1.82) is 0 Å². The highest BCUT2D eigenvalue weighted by molar-refractivity contribution is 8.00. The number of β-lactam (4-membered cyclic amide) rings is 1. The Bertz CT molecular complexity index is 1800. The number of nitrogens with one attached hydrogen (secondary N) is 2. The van der Waals surface area contributed by atoms with Crippen LogP contribution in [-0.2, 0) is 38.3 Å². The maximum Gasteiger partial charge on any atom is 0.356 e. The Morgan fingerprint density at radius 1 is 1.04 bits per heavy atom. The van der Waals surface area contributed by atoms with Gasteiger partial charge in [-0.25, -0.2) is 14.6 Å². The number of hydrogen-bond donors (Lipinski definition) is 2. The van der Waals surface area contributed by atoms with Crippen LogP contribution < -0.4 is 10.6 Å². The summed E-state index contributed by atoms with van der Waals surface area (Å²) in [6, 6.07) is 21.9. The third-order valence-electron chi connectivity index (χ3n) is 7.33. The summed E-state index contributed by atoms with van der Waals surface area (Å²) in [6.07, 6.45) is 1.18. The summed E-state index contributed by atoms with van der Waals surface area (Å²) in [6.45, 7) is 8.30. The Morgan fingerprint density at radius 3 is 2.30 bits per heavy atom. The standard InChI is InChI=1S/C36H35N5O8S/c1-5-22-20-50-34-29(33(45)41(34)30(22)35(46)48-31(23-13-8-6-9-14-23)24-15-10-7-11-16-24)39-32(44)28(25-17-12-18-26(38-25)37-21-42)40-47-19-27(43)49-36(2,3)4/h5-18,21,29,31,34H,1,19-20H2,2-4H3,(H,39,44)(H,37,38,42)/t29?,34-/m0/s1. The molecular weight excluding hydrogens is 662 g/mol. The summed E-state index contributed by atoms with van der Waals surface area (Å²) in [4.78, 5) is 75.2. The lowest BCUT2D eigenvalue weighted by Gasteiger charge is -2.49. The van der Waals surface area contributed by atoms with E-state index in [-0.39, 0.29) is 22.9 Å². The van der Waals surface area contributed by atoms with Crippen LogP contribution in [0.15, 0.2) is 108 Å². The number of thioether (sulfide) groups is 1. The number of ether oxygens (including phenoxy) is 2. The van der Waals surface area contributed by atoms with Crippen molar-refractivity contribution in [2.24, 2.45) is 5.16 Å². The van der Waals surface area contributed by atoms with Gasteiger partial charge in [-0.15, -0.1) is 11.8 Å². The molecule has 0 radical (unpaired) electrons. The number of carbonyl (C=O) groups is 5. The van der Waals surface area contributed by atoms with Gasteiger partial charge in [0.2, 0.25) is 13.0 Å². The molecule has 0 aliphatic carbocycles. The molecule has 3 aromatic rings. The second-order valence-electron chi connectivity index (χ2n) is 12.0. The summed E-state index contributed by atoms with van der Waals surface area (Å²) in [7, 11) is 0. The fourth-order valence-electron chi connectivity index (χ4n) is 5.18. The number of anilines is 1. The number of aromatic nitrogens is 1. The van der Waals surface area contributed by atoms with E-state index in [9.17, 15) is 24.0 Å². The molecule has 1 fully saturated rings. The van der Waals surface area contributed by atoms with E-state index in [1.54, 1.807) is 20.8 Å². The minimum atomic E-state index is -1.06. The van der Waals surface area contributed by atoms with E-state index in [1.165, 1.54) is 40.9 Å². The number of fused-ring (bicyclic) bond motifs is 1. The second-order valence-corrected chi connectivity index (χ2v) is 13.1. The number of carbonyl (C=O) groups excluding carboxylic acids is 5. The quantitative estimate of drug-likeness (QED) is 0.0880. The number of pyridine rings is 1. The van der Waals surface area contributed by atoms with Crippen molar-refractivity contribution in [3.63, 3.8) is 0 Å². The van der Waals surface area contributed by atoms with E-state index >= 15 is 0 Å². The number of oxime groups is 1. The molecule has 0 saturated carbocycles. The topological polar surface area (TPSA) is 166 Å². The monoisotopic (exact) mass is 697 g/mol. The number of esters is 2. The zero-order valence-corrected chi connectivity index (χ0v) is 28.3. The second kappa shape index (κ2) is 15.6. The Hall–Kier alpha value is -5.76. The highest BCUT2D eigenvalue weighted by Gasteiger charge is 2.54. The largest absolute Gasteiger partial charge is 0.457 e. The molecule has 2 aromatic carbocycles. The maximum atomic E-state index is 13.9. The van der Waals surface area contributed by atoms with Gasteiger partial charge in [0.05, 0.1) is 0 Å². The molecule has 5 rings (SSSR count). The lowest BCUT2D eigenvalue weighted by Crippen LogP contribution is -2.71. The van der Waals surface area contributed by atoms with Crippen LogP contribution in [0.25, 0.3) is 0 Å². The molecule has 2 aliphatic rings. The lowest BCUT2D eigenvalue weighted by molar-refractivity contribution is -0.160.